The van der Waals surface area contributed by atoms with Crippen LogP contribution in [0.4, 0.5) is 5.69 Å². The van der Waals surface area contributed by atoms with Gasteiger partial charge in [0.05, 0.1) is 26.4 Å². The molecule has 4 heteroatoms. The van der Waals surface area contributed by atoms with E-state index >= 15 is 0 Å². The van der Waals surface area contributed by atoms with Gasteiger partial charge in [-0.2, -0.15) is 0 Å². The predicted octanol–water partition coefficient (Wildman–Crippen LogP) is 2.68. The molecule has 1 aliphatic rings. The van der Waals surface area contributed by atoms with Crippen LogP contribution in [0.1, 0.15) is 19.8 Å². The minimum atomic E-state index is 0.313. The first-order valence-corrected chi connectivity index (χ1v) is 6.34. The molecule has 1 heterocycles. The van der Waals surface area contributed by atoms with Crippen molar-refractivity contribution in [2.75, 3.05) is 26.1 Å². The molecule has 0 aliphatic carbocycles. The third-order valence-electron chi connectivity index (χ3n) is 3.24. The fraction of sp³-hybridized carbons (Fsp3) is 0.571. The molecule has 0 spiro atoms. The van der Waals surface area contributed by atoms with E-state index in [2.05, 4.69) is 12.2 Å². The molecular formula is C14H21NO3. The van der Waals surface area contributed by atoms with Crippen molar-refractivity contribution in [2.45, 2.75) is 32.0 Å². The van der Waals surface area contributed by atoms with Crippen LogP contribution in [0.5, 0.6) is 11.5 Å². The van der Waals surface area contributed by atoms with Gasteiger partial charge in [0.1, 0.15) is 0 Å². The third kappa shape index (κ3) is 3.07. The maximum absolute atomic E-state index is 5.77. The monoisotopic (exact) mass is 251 g/mol. The average Bonchev–Trinajstić information content (AvgIpc) is 2.81. The van der Waals surface area contributed by atoms with Crippen molar-refractivity contribution in [3.63, 3.8) is 0 Å². The summed E-state index contributed by atoms with van der Waals surface area (Å²) in [7, 11) is 3.28. The second-order valence-corrected chi connectivity index (χ2v) is 4.60. The molecule has 1 N–H and O–H groups in total. The Morgan fingerprint density at radius 1 is 1.22 bits per heavy atom. The van der Waals surface area contributed by atoms with Gasteiger partial charge in [-0.1, -0.05) is 0 Å². The lowest BCUT2D eigenvalue weighted by Gasteiger charge is -2.14. The number of hydrogen-bond acceptors (Lipinski definition) is 4. The summed E-state index contributed by atoms with van der Waals surface area (Å²) >= 11 is 0. The fourth-order valence-corrected chi connectivity index (χ4v) is 2.21. The molecule has 0 saturated carbocycles. The van der Waals surface area contributed by atoms with Gasteiger partial charge in [0.15, 0.2) is 11.5 Å². The molecule has 1 fully saturated rings. The SMILES string of the molecule is COc1ccc(NCC2CCC(C)O2)cc1OC. The van der Waals surface area contributed by atoms with Crippen molar-refractivity contribution >= 4 is 5.69 Å². The van der Waals surface area contributed by atoms with Crippen LogP contribution in [0, 0.1) is 0 Å². The molecular weight excluding hydrogens is 230 g/mol. The van der Waals surface area contributed by atoms with Crippen LogP contribution < -0.4 is 14.8 Å². The summed E-state index contributed by atoms with van der Waals surface area (Å²) in [5.41, 5.74) is 1.02. The van der Waals surface area contributed by atoms with Crippen molar-refractivity contribution in [3.8, 4) is 11.5 Å². The zero-order valence-electron chi connectivity index (χ0n) is 11.2. The summed E-state index contributed by atoms with van der Waals surface area (Å²) in [6.07, 6.45) is 2.98. The van der Waals surface area contributed by atoms with E-state index in [9.17, 15) is 0 Å². The van der Waals surface area contributed by atoms with Crippen molar-refractivity contribution in [3.05, 3.63) is 18.2 Å². The van der Waals surface area contributed by atoms with E-state index in [4.69, 9.17) is 14.2 Å². The number of anilines is 1. The Labute approximate surface area is 108 Å². The van der Waals surface area contributed by atoms with Crippen LogP contribution in [0.2, 0.25) is 0 Å². The Bertz CT molecular complexity index is 395. The maximum atomic E-state index is 5.77. The molecule has 100 valence electrons. The summed E-state index contributed by atoms with van der Waals surface area (Å²) < 4.78 is 16.2. The normalized spacial score (nSPS) is 22.8. The molecule has 1 aliphatic heterocycles. The van der Waals surface area contributed by atoms with E-state index in [1.165, 1.54) is 0 Å². The molecule has 2 atom stereocenters. The van der Waals surface area contributed by atoms with Gasteiger partial charge < -0.3 is 19.5 Å². The second-order valence-electron chi connectivity index (χ2n) is 4.60. The first kappa shape index (κ1) is 13.0. The highest BCUT2D eigenvalue weighted by atomic mass is 16.5. The third-order valence-corrected chi connectivity index (χ3v) is 3.24. The van der Waals surface area contributed by atoms with E-state index in [-0.39, 0.29) is 0 Å². The van der Waals surface area contributed by atoms with Gasteiger partial charge >= 0.3 is 0 Å². The molecule has 0 bridgehead atoms. The van der Waals surface area contributed by atoms with E-state index in [1.54, 1.807) is 14.2 Å². The maximum Gasteiger partial charge on any atom is 0.162 e. The fourth-order valence-electron chi connectivity index (χ4n) is 2.21. The Morgan fingerprint density at radius 2 is 2.00 bits per heavy atom. The van der Waals surface area contributed by atoms with Crippen LogP contribution in [0.3, 0.4) is 0 Å². The first-order chi connectivity index (χ1) is 8.72. The van der Waals surface area contributed by atoms with Gasteiger partial charge in [-0.15, -0.1) is 0 Å². The smallest absolute Gasteiger partial charge is 0.162 e. The molecule has 0 aromatic heterocycles. The number of ether oxygens (including phenoxy) is 3. The lowest BCUT2D eigenvalue weighted by atomic mass is 10.2. The van der Waals surface area contributed by atoms with Gasteiger partial charge in [0, 0.05) is 18.3 Å². The summed E-state index contributed by atoms with van der Waals surface area (Å²) in [6, 6.07) is 5.83. The van der Waals surface area contributed by atoms with E-state index in [1.807, 2.05) is 18.2 Å². The van der Waals surface area contributed by atoms with E-state index < -0.39 is 0 Å². The Kier molecular flexibility index (Phi) is 4.31. The van der Waals surface area contributed by atoms with Crippen LogP contribution in [0.25, 0.3) is 0 Å². The van der Waals surface area contributed by atoms with Crippen molar-refractivity contribution in [1.82, 2.24) is 0 Å². The average molecular weight is 251 g/mol. The number of hydrogen-bond donors (Lipinski definition) is 1. The molecule has 18 heavy (non-hydrogen) atoms. The molecule has 0 amide bonds. The highest BCUT2D eigenvalue weighted by Crippen LogP contribution is 2.30. The summed E-state index contributed by atoms with van der Waals surface area (Å²) in [5.74, 6) is 1.48. The summed E-state index contributed by atoms with van der Waals surface area (Å²) in [4.78, 5) is 0. The van der Waals surface area contributed by atoms with Gasteiger partial charge in [0.2, 0.25) is 0 Å². The van der Waals surface area contributed by atoms with Gasteiger partial charge in [-0.3, -0.25) is 0 Å². The molecule has 1 aromatic rings. The number of benzene rings is 1. The number of nitrogens with one attached hydrogen (secondary N) is 1. The Morgan fingerprint density at radius 3 is 2.61 bits per heavy atom. The minimum Gasteiger partial charge on any atom is -0.493 e. The Hall–Kier alpha value is -1.42. The highest BCUT2D eigenvalue weighted by Gasteiger charge is 2.21. The quantitative estimate of drug-likeness (QED) is 0.873. The minimum absolute atomic E-state index is 0.313. The van der Waals surface area contributed by atoms with Crippen LogP contribution >= 0.6 is 0 Å². The lowest BCUT2D eigenvalue weighted by molar-refractivity contribution is 0.0637. The van der Waals surface area contributed by atoms with Crippen LogP contribution in [-0.4, -0.2) is 33.0 Å². The first-order valence-electron chi connectivity index (χ1n) is 6.34. The molecule has 2 unspecified atom stereocenters. The number of rotatable bonds is 5. The summed E-state index contributed by atoms with van der Waals surface area (Å²) in [6.45, 7) is 2.95. The highest BCUT2D eigenvalue weighted by molar-refractivity contribution is 5.54. The second kappa shape index (κ2) is 5.96. The molecule has 4 nitrogen and oxygen atoms in total. The number of methoxy groups -OCH3 is 2. The molecule has 2 rings (SSSR count). The zero-order chi connectivity index (χ0) is 13.0. The molecule has 1 aromatic carbocycles. The lowest BCUT2D eigenvalue weighted by Crippen LogP contribution is -2.19. The predicted molar refractivity (Wildman–Crippen MR) is 71.6 cm³/mol. The van der Waals surface area contributed by atoms with Crippen molar-refractivity contribution < 1.29 is 14.2 Å². The topological polar surface area (TPSA) is 39.7 Å². The van der Waals surface area contributed by atoms with Crippen molar-refractivity contribution in [1.29, 1.82) is 0 Å². The van der Waals surface area contributed by atoms with E-state index in [0.29, 0.717) is 12.2 Å². The summed E-state index contributed by atoms with van der Waals surface area (Å²) in [5, 5.41) is 3.37. The molecule has 0 radical (unpaired) electrons. The zero-order valence-corrected chi connectivity index (χ0v) is 11.2. The van der Waals surface area contributed by atoms with Crippen LogP contribution in [0.15, 0.2) is 18.2 Å². The largest absolute Gasteiger partial charge is 0.493 e. The van der Waals surface area contributed by atoms with Gasteiger partial charge in [-0.05, 0) is 31.9 Å². The molecule has 1 saturated heterocycles. The van der Waals surface area contributed by atoms with Crippen molar-refractivity contribution in [2.24, 2.45) is 0 Å². The van der Waals surface area contributed by atoms with E-state index in [0.717, 1.165) is 36.6 Å². The standard InChI is InChI=1S/C14H21NO3/c1-10-4-6-12(18-10)9-15-11-5-7-13(16-2)14(8-11)17-3/h5,7-8,10,12,15H,4,6,9H2,1-3H3. The Balaban J connectivity index is 1.93. The van der Waals surface area contributed by atoms with Gasteiger partial charge in [0.25, 0.3) is 0 Å². The van der Waals surface area contributed by atoms with Crippen LogP contribution in [-0.2, 0) is 4.74 Å². The van der Waals surface area contributed by atoms with Gasteiger partial charge in [-0.25, -0.2) is 0 Å².